The Balaban J connectivity index is 1.44. The molecule has 0 spiro atoms. The average Bonchev–Trinajstić information content (AvgIpc) is 3.91. The summed E-state index contributed by atoms with van der Waals surface area (Å²) in [6.45, 7) is 7.87. The number of unbranched alkanes of at least 4 members (excludes halogenated alkanes) is 2. The first-order chi connectivity index (χ1) is 23.1. The van der Waals surface area contributed by atoms with E-state index in [9.17, 15) is 0 Å². The number of fused-ring (bicyclic) bond motifs is 8. The molecule has 8 bridgehead atoms. The molecule has 3 aromatic heterocycles. The van der Waals surface area contributed by atoms with Gasteiger partial charge in [0.1, 0.15) is 11.5 Å². The molecule has 0 amide bonds. The molecule has 47 heavy (non-hydrogen) atoms. The van der Waals surface area contributed by atoms with Crippen LogP contribution in [-0.4, -0.2) is 33.1 Å². The first-order valence-corrected chi connectivity index (χ1v) is 16.7. The number of hydrogen-bond donors (Lipinski definition) is 2. The lowest BCUT2D eigenvalue weighted by Gasteiger charge is -2.09. The molecule has 0 saturated heterocycles. The second-order valence-electron chi connectivity index (χ2n) is 12.1. The number of benzene rings is 2. The van der Waals surface area contributed by atoms with Gasteiger partial charge in [-0.2, -0.15) is 0 Å². The van der Waals surface area contributed by atoms with Crippen molar-refractivity contribution in [3.63, 3.8) is 0 Å². The van der Waals surface area contributed by atoms with Crippen LogP contribution in [-0.2, 0) is 0 Å². The number of aromatic nitrogens is 4. The van der Waals surface area contributed by atoms with E-state index in [1.54, 1.807) is 0 Å². The van der Waals surface area contributed by atoms with Gasteiger partial charge >= 0.3 is 0 Å². The van der Waals surface area contributed by atoms with Crippen molar-refractivity contribution in [2.24, 2.45) is 0 Å². The molecule has 0 aliphatic carbocycles. The Bertz CT molecular complexity index is 2100. The van der Waals surface area contributed by atoms with E-state index < -0.39 is 0 Å². The van der Waals surface area contributed by atoms with Crippen LogP contribution in [0.3, 0.4) is 0 Å². The number of hydrogen-bond acceptors (Lipinski definition) is 4. The molecule has 236 valence electrons. The summed E-state index contributed by atoms with van der Waals surface area (Å²) in [6, 6.07) is 27.2. The van der Waals surface area contributed by atoms with Crippen molar-refractivity contribution < 1.29 is 9.47 Å². The highest BCUT2D eigenvalue weighted by atomic mass is 16.5. The van der Waals surface area contributed by atoms with Crippen molar-refractivity contribution in [1.82, 2.24) is 19.9 Å². The minimum Gasteiger partial charge on any atom is -0.494 e. The molecule has 2 aliphatic heterocycles. The maximum atomic E-state index is 6.09. The first-order valence-electron chi connectivity index (χ1n) is 16.7. The van der Waals surface area contributed by atoms with E-state index in [0.717, 1.165) is 110 Å². The van der Waals surface area contributed by atoms with Gasteiger partial charge in [0.25, 0.3) is 0 Å². The summed E-state index contributed by atoms with van der Waals surface area (Å²) < 4.78 is 12.2. The second-order valence-corrected chi connectivity index (χ2v) is 12.1. The van der Waals surface area contributed by atoms with E-state index in [1.165, 1.54) is 0 Å². The molecule has 5 aromatic rings. The zero-order chi connectivity index (χ0) is 32.2. The monoisotopic (exact) mass is 620 g/mol. The first kappa shape index (κ1) is 30.3. The molecule has 0 fully saturated rings. The van der Waals surface area contributed by atoms with Gasteiger partial charge in [-0.1, -0.05) is 51.0 Å². The van der Waals surface area contributed by atoms with Crippen molar-refractivity contribution in [2.45, 2.75) is 46.5 Å². The molecular weight excluding hydrogens is 580 g/mol. The topological polar surface area (TPSA) is 75.8 Å². The Morgan fingerprint density at radius 1 is 0.574 bits per heavy atom. The zero-order valence-electron chi connectivity index (χ0n) is 27.3. The Hall–Kier alpha value is -5.36. The Labute approximate surface area is 275 Å². The molecule has 0 unspecified atom stereocenters. The van der Waals surface area contributed by atoms with Gasteiger partial charge in [-0.25, -0.2) is 9.97 Å². The minimum absolute atomic E-state index is 0.702. The van der Waals surface area contributed by atoms with Crippen LogP contribution in [0, 0.1) is 6.92 Å². The molecule has 0 atom stereocenters. The normalized spacial score (nSPS) is 12.1. The van der Waals surface area contributed by atoms with Crippen molar-refractivity contribution in [3.05, 3.63) is 107 Å². The van der Waals surface area contributed by atoms with Crippen LogP contribution in [0.25, 0.3) is 68.6 Å². The van der Waals surface area contributed by atoms with Crippen LogP contribution in [0.5, 0.6) is 11.5 Å². The zero-order valence-corrected chi connectivity index (χ0v) is 27.3. The van der Waals surface area contributed by atoms with Crippen molar-refractivity contribution in [3.8, 4) is 33.8 Å². The molecule has 0 radical (unpaired) electrons. The molecule has 2 aromatic carbocycles. The summed E-state index contributed by atoms with van der Waals surface area (Å²) in [5, 5.41) is 0. The van der Waals surface area contributed by atoms with Crippen LogP contribution >= 0.6 is 0 Å². The van der Waals surface area contributed by atoms with E-state index in [-0.39, 0.29) is 0 Å². The lowest BCUT2D eigenvalue weighted by atomic mass is 10.0. The average molecular weight is 621 g/mol. The number of nitrogens with zero attached hydrogens (tertiary/aromatic N) is 2. The van der Waals surface area contributed by atoms with Gasteiger partial charge in [0.15, 0.2) is 0 Å². The van der Waals surface area contributed by atoms with E-state index in [0.29, 0.717) is 13.2 Å². The maximum Gasteiger partial charge on any atom is 0.119 e. The molecule has 0 saturated carbocycles. The number of rotatable bonds is 10. The third kappa shape index (κ3) is 6.50. The molecule has 2 N–H and O–H groups in total. The van der Waals surface area contributed by atoms with Crippen molar-refractivity contribution >= 4 is 46.4 Å². The van der Waals surface area contributed by atoms with Gasteiger partial charge in [0, 0.05) is 33.2 Å². The summed E-state index contributed by atoms with van der Waals surface area (Å²) in [6.07, 6.45) is 12.6. The predicted octanol–water partition coefficient (Wildman–Crippen LogP) is 10.7. The van der Waals surface area contributed by atoms with Crippen molar-refractivity contribution in [2.75, 3.05) is 13.2 Å². The smallest absolute Gasteiger partial charge is 0.119 e. The summed E-state index contributed by atoms with van der Waals surface area (Å²) in [4.78, 5) is 17.6. The van der Waals surface area contributed by atoms with Crippen LogP contribution < -0.4 is 9.47 Å². The molecule has 6 heteroatoms. The molecule has 2 aliphatic rings. The number of aryl methyl sites for hydroxylation is 1. The van der Waals surface area contributed by atoms with Crippen LogP contribution in [0.15, 0.2) is 78.9 Å². The van der Waals surface area contributed by atoms with Gasteiger partial charge in [0.2, 0.25) is 0 Å². The summed E-state index contributed by atoms with van der Waals surface area (Å²) in [7, 11) is 0. The summed E-state index contributed by atoms with van der Waals surface area (Å²) in [5.41, 5.74) is 12.8. The lowest BCUT2D eigenvalue weighted by Crippen LogP contribution is -1.96. The summed E-state index contributed by atoms with van der Waals surface area (Å²) >= 11 is 0. The van der Waals surface area contributed by atoms with Gasteiger partial charge in [-0.3, -0.25) is 0 Å². The highest BCUT2D eigenvalue weighted by molar-refractivity contribution is 5.94. The quantitative estimate of drug-likeness (QED) is 0.149. The Morgan fingerprint density at radius 2 is 1.15 bits per heavy atom. The maximum absolute atomic E-state index is 6.09. The van der Waals surface area contributed by atoms with Gasteiger partial charge in [-0.15, -0.1) is 0 Å². The number of aromatic amines is 2. The molecular formula is C41H40N4O2. The molecule has 6 nitrogen and oxygen atoms in total. The third-order valence-electron chi connectivity index (χ3n) is 8.62. The lowest BCUT2D eigenvalue weighted by molar-refractivity contribution is 0.309. The van der Waals surface area contributed by atoms with Gasteiger partial charge in [0.05, 0.1) is 36.0 Å². The standard InChI is InChI=1S/C41H40N4O2/c1-4-6-22-46-32-12-8-10-28(24-32)40-36-16-14-30(42-36)26-31-15-17-37(43-31)41(29-11-9-13-33(25-29)47-23-7-5-2)39-21-19-35(45-39)27(3)34-18-20-38(40)44-34/h8-21,24-26,42,45H,4-7,22-23H2,1-3H3. The van der Waals surface area contributed by atoms with E-state index in [2.05, 4.69) is 122 Å². The van der Waals surface area contributed by atoms with Crippen molar-refractivity contribution in [1.29, 1.82) is 0 Å². The van der Waals surface area contributed by atoms with E-state index in [1.807, 2.05) is 12.1 Å². The molecule has 5 heterocycles. The fourth-order valence-electron chi connectivity index (χ4n) is 6.04. The fraction of sp³-hybridized carbons (Fsp3) is 0.220. The second kappa shape index (κ2) is 13.6. The highest BCUT2D eigenvalue weighted by Crippen LogP contribution is 2.35. The van der Waals surface area contributed by atoms with Crippen LogP contribution in [0.1, 0.15) is 67.9 Å². The Morgan fingerprint density at radius 3 is 1.83 bits per heavy atom. The Kier molecular flexibility index (Phi) is 8.74. The van der Waals surface area contributed by atoms with E-state index >= 15 is 0 Å². The number of nitrogens with one attached hydrogen (secondary N) is 2. The third-order valence-corrected chi connectivity index (χ3v) is 8.62. The van der Waals surface area contributed by atoms with Crippen LogP contribution in [0.2, 0.25) is 0 Å². The summed E-state index contributed by atoms with van der Waals surface area (Å²) in [5.74, 6) is 1.72. The molecule has 7 rings (SSSR count). The largest absolute Gasteiger partial charge is 0.494 e. The van der Waals surface area contributed by atoms with Gasteiger partial charge in [-0.05, 0) is 115 Å². The highest BCUT2D eigenvalue weighted by Gasteiger charge is 2.15. The minimum atomic E-state index is 0.702. The SMILES string of the molecule is CCCCOc1cccc(-c2c3nc(c(C)c4ccc([nH]4)c(-c4cccc(OCCCC)c4)c4nc(cc5ccc2[nH]5)C=C4)C=C3)c1. The van der Waals surface area contributed by atoms with Crippen LogP contribution in [0.4, 0.5) is 0 Å². The number of ether oxygens (including phenoxy) is 2. The fourth-order valence-corrected chi connectivity index (χ4v) is 6.04. The predicted molar refractivity (Wildman–Crippen MR) is 195 cm³/mol. The van der Waals surface area contributed by atoms with E-state index in [4.69, 9.17) is 19.4 Å². The number of H-pyrrole nitrogens is 2. The van der Waals surface area contributed by atoms with Gasteiger partial charge < -0.3 is 19.4 Å².